The zero-order valence-electron chi connectivity index (χ0n) is 9.57. The predicted octanol–water partition coefficient (Wildman–Crippen LogP) is 2.91. The van der Waals surface area contributed by atoms with Gasteiger partial charge in [0.05, 0.1) is 23.4 Å². The molecule has 0 amide bonds. The highest BCUT2D eigenvalue weighted by Crippen LogP contribution is 2.26. The largest absolute Gasteiger partial charge is 0.397 e. The summed E-state index contributed by atoms with van der Waals surface area (Å²) < 4.78 is 0. The van der Waals surface area contributed by atoms with Crippen LogP contribution >= 0.6 is 11.6 Å². The SMILES string of the molecule is CCN(CC(C)C#N)c1ccc(Cl)cc1N. The molecule has 2 N–H and O–H groups in total. The summed E-state index contributed by atoms with van der Waals surface area (Å²) in [6.45, 7) is 5.43. The third kappa shape index (κ3) is 3.04. The molecule has 0 saturated heterocycles. The lowest BCUT2D eigenvalue weighted by atomic mass is 10.1. The van der Waals surface area contributed by atoms with Crippen LogP contribution in [0.3, 0.4) is 0 Å². The van der Waals surface area contributed by atoms with Crippen molar-refractivity contribution in [2.75, 3.05) is 23.7 Å². The van der Waals surface area contributed by atoms with Crippen molar-refractivity contribution in [2.45, 2.75) is 13.8 Å². The van der Waals surface area contributed by atoms with Crippen LogP contribution in [0.1, 0.15) is 13.8 Å². The molecule has 1 unspecified atom stereocenters. The Morgan fingerprint density at radius 1 is 1.56 bits per heavy atom. The van der Waals surface area contributed by atoms with E-state index in [-0.39, 0.29) is 5.92 Å². The van der Waals surface area contributed by atoms with Crippen molar-refractivity contribution in [3.05, 3.63) is 23.2 Å². The van der Waals surface area contributed by atoms with E-state index >= 15 is 0 Å². The number of nitrogens with zero attached hydrogens (tertiary/aromatic N) is 2. The zero-order chi connectivity index (χ0) is 12.1. The number of halogens is 1. The second kappa shape index (κ2) is 5.62. The average Bonchev–Trinajstić information content (AvgIpc) is 2.26. The second-order valence-corrected chi connectivity index (χ2v) is 4.21. The van der Waals surface area contributed by atoms with Gasteiger partial charge in [0.25, 0.3) is 0 Å². The molecule has 1 aromatic carbocycles. The summed E-state index contributed by atoms with van der Waals surface area (Å²) in [6, 6.07) is 7.66. The van der Waals surface area contributed by atoms with Gasteiger partial charge in [-0.2, -0.15) is 5.26 Å². The minimum absolute atomic E-state index is 0.0185. The lowest BCUT2D eigenvalue weighted by molar-refractivity contribution is 0.687. The number of nitriles is 1. The third-order valence-electron chi connectivity index (χ3n) is 2.43. The first-order valence-electron chi connectivity index (χ1n) is 5.28. The number of hydrogen-bond donors (Lipinski definition) is 1. The molecule has 0 aliphatic heterocycles. The molecule has 0 saturated carbocycles. The molecule has 4 heteroatoms. The van der Waals surface area contributed by atoms with Crippen molar-refractivity contribution < 1.29 is 0 Å². The predicted molar refractivity (Wildman–Crippen MR) is 68.5 cm³/mol. The van der Waals surface area contributed by atoms with Crippen LogP contribution in [0.25, 0.3) is 0 Å². The number of anilines is 2. The highest BCUT2D eigenvalue weighted by atomic mass is 35.5. The van der Waals surface area contributed by atoms with Crippen LogP contribution in [0.4, 0.5) is 11.4 Å². The van der Waals surface area contributed by atoms with Crippen molar-refractivity contribution in [1.29, 1.82) is 5.26 Å². The first-order valence-corrected chi connectivity index (χ1v) is 5.65. The summed E-state index contributed by atoms with van der Waals surface area (Å²) in [6.07, 6.45) is 0. The van der Waals surface area contributed by atoms with Crippen LogP contribution in [0.15, 0.2) is 18.2 Å². The summed E-state index contributed by atoms with van der Waals surface area (Å²) in [5.41, 5.74) is 7.50. The van der Waals surface area contributed by atoms with Gasteiger partial charge in [0, 0.05) is 18.1 Å². The highest BCUT2D eigenvalue weighted by Gasteiger charge is 2.11. The van der Waals surface area contributed by atoms with E-state index in [4.69, 9.17) is 22.6 Å². The molecule has 0 spiro atoms. The molecule has 86 valence electrons. The summed E-state index contributed by atoms with van der Waals surface area (Å²) in [4.78, 5) is 2.08. The van der Waals surface area contributed by atoms with E-state index in [9.17, 15) is 0 Å². The van der Waals surface area contributed by atoms with E-state index in [2.05, 4.69) is 11.0 Å². The van der Waals surface area contributed by atoms with Gasteiger partial charge in [0.15, 0.2) is 0 Å². The molecule has 1 rings (SSSR count). The van der Waals surface area contributed by atoms with Gasteiger partial charge in [-0.1, -0.05) is 11.6 Å². The molecule has 3 nitrogen and oxygen atoms in total. The molecular weight excluding hydrogens is 222 g/mol. The Kier molecular flexibility index (Phi) is 4.45. The van der Waals surface area contributed by atoms with Crippen molar-refractivity contribution in [2.24, 2.45) is 5.92 Å². The highest BCUT2D eigenvalue weighted by molar-refractivity contribution is 6.31. The Morgan fingerprint density at radius 2 is 2.25 bits per heavy atom. The normalized spacial score (nSPS) is 11.9. The molecule has 0 aliphatic carbocycles. The number of benzene rings is 1. The van der Waals surface area contributed by atoms with Crippen molar-refractivity contribution in [3.63, 3.8) is 0 Å². The molecule has 0 aromatic heterocycles. The maximum absolute atomic E-state index is 8.81. The van der Waals surface area contributed by atoms with Gasteiger partial charge in [-0.3, -0.25) is 0 Å². The average molecular weight is 238 g/mol. The first kappa shape index (κ1) is 12.7. The molecule has 0 fully saturated rings. The van der Waals surface area contributed by atoms with Gasteiger partial charge in [-0.05, 0) is 32.0 Å². The van der Waals surface area contributed by atoms with Gasteiger partial charge in [0.2, 0.25) is 0 Å². The van der Waals surface area contributed by atoms with Gasteiger partial charge in [-0.15, -0.1) is 0 Å². The van der Waals surface area contributed by atoms with Crippen LogP contribution in [-0.4, -0.2) is 13.1 Å². The van der Waals surface area contributed by atoms with Crippen LogP contribution in [0.5, 0.6) is 0 Å². The number of rotatable bonds is 4. The number of nitrogens with two attached hydrogens (primary N) is 1. The van der Waals surface area contributed by atoms with Crippen LogP contribution in [-0.2, 0) is 0 Å². The molecule has 0 heterocycles. The zero-order valence-corrected chi connectivity index (χ0v) is 10.3. The topological polar surface area (TPSA) is 53.0 Å². The van der Waals surface area contributed by atoms with E-state index in [0.717, 1.165) is 12.2 Å². The van der Waals surface area contributed by atoms with Crippen molar-refractivity contribution in [1.82, 2.24) is 0 Å². The van der Waals surface area contributed by atoms with Crippen molar-refractivity contribution in [3.8, 4) is 6.07 Å². The van der Waals surface area contributed by atoms with Crippen LogP contribution in [0.2, 0.25) is 5.02 Å². The summed E-state index contributed by atoms with van der Waals surface area (Å²) in [5.74, 6) is -0.0185. The quantitative estimate of drug-likeness (QED) is 0.820. The van der Waals surface area contributed by atoms with Gasteiger partial charge in [-0.25, -0.2) is 0 Å². The molecule has 1 atom stereocenters. The minimum atomic E-state index is -0.0185. The number of nitrogen functional groups attached to an aromatic ring is 1. The van der Waals surface area contributed by atoms with E-state index < -0.39 is 0 Å². The van der Waals surface area contributed by atoms with Gasteiger partial charge < -0.3 is 10.6 Å². The third-order valence-corrected chi connectivity index (χ3v) is 2.66. The molecule has 0 aliphatic rings. The lowest BCUT2D eigenvalue weighted by Gasteiger charge is -2.25. The molecule has 1 aromatic rings. The maximum atomic E-state index is 8.81. The maximum Gasteiger partial charge on any atom is 0.0671 e. The minimum Gasteiger partial charge on any atom is -0.397 e. The second-order valence-electron chi connectivity index (χ2n) is 3.77. The molecule has 0 radical (unpaired) electrons. The Morgan fingerprint density at radius 3 is 2.75 bits per heavy atom. The first-order chi connectivity index (χ1) is 7.58. The van der Waals surface area contributed by atoms with E-state index in [1.54, 1.807) is 6.07 Å². The summed E-state index contributed by atoms with van der Waals surface area (Å²) >= 11 is 5.85. The molecule has 16 heavy (non-hydrogen) atoms. The summed E-state index contributed by atoms with van der Waals surface area (Å²) in [7, 11) is 0. The van der Waals surface area contributed by atoms with E-state index in [0.29, 0.717) is 17.3 Å². The van der Waals surface area contributed by atoms with E-state index in [1.165, 1.54) is 0 Å². The Hall–Kier alpha value is -1.40. The van der Waals surface area contributed by atoms with Crippen molar-refractivity contribution >= 4 is 23.0 Å². The van der Waals surface area contributed by atoms with Crippen LogP contribution < -0.4 is 10.6 Å². The fraction of sp³-hybridized carbons (Fsp3) is 0.417. The Labute approximate surface area is 101 Å². The fourth-order valence-corrected chi connectivity index (χ4v) is 1.76. The fourth-order valence-electron chi connectivity index (χ4n) is 1.58. The van der Waals surface area contributed by atoms with Crippen LogP contribution in [0, 0.1) is 17.2 Å². The summed E-state index contributed by atoms with van der Waals surface area (Å²) in [5, 5.41) is 9.44. The number of hydrogen-bond acceptors (Lipinski definition) is 3. The monoisotopic (exact) mass is 237 g/mol. The lowest BCUT2D eigenvalue weighted by Crippen LogP contribution is -2.28. The Balaban J connectivity index is 2.91. The van der Waals surface area contributed by atoms with E-state index in [1.807, 2.05) is 26.0 Å². The smallest absolute Gasteiger partial charge is 0.0671 e. The molecular formula is C12H16ClN3. The van der Waals surface area contributed by atoms with Gasteiger partial charge in [0.1, 0.15) is 0 Å². The standard InChI is InChI=1S/C12H16ClN3/c1-3-16(8-9(2)7-14)12-5-4-10(13)6-11(12)15/h4-6,9H,3,8,15H2,1-2H3. The Bertz CT molecular complexity index is 398. The van der Waals surface area contributed by atoms with Gasteiger partial charge >= 0.3 is 0 Å². The molecule has 0 bridgehead atoms.